The number of ether oxygens (including phenoxy) is 1. The maximum atomic E-state index is 14.8. The van der Waals surface area contributed by atoms with Crippen LogP contribution < -0.4 is 0 Å². The van der Waals surface area contributed by atoms with E-state index in [2.05, 4.69) is 0 Å². The molecule has 0 aromatic heterocycles. The second-order valence-electron chi connectivity index (χ2n) is 10.6. The van der Waals surface area contributed by atoms with Gasteiger partial charge in [-0.25, -0.2) is 8.78 Å². The predicted octanol–water partition coefficient (Wildman–Crippen LogP) is 6.03. The Balaban J connectivity index is 1.55. The number of aryl methyl sites for hydroxylation is 1. The van der Waals surface area contributed by atoms with Gasteiger partial charge in [-0.1, -0.05) is 30.3 Å². The zero-order valence-electron chi connectivity index (χ0n) is 20.2. The number of halogens is 5. The highest BCUT2D eigenvalue weighted by atomic mass is 19.4. The number of carbonyl (C=O) groups excluding carboxylic acids is 1. The summed E-state index contributed by atoms with van der Waals surface area (Å²) in [6.45, 7) is 2.22. The number of alkyl halides is 4. The lowest BCUT2D eigenvalue weighted by Gasteiger charge is -2.44. The molecule has 1 amide bonds. The highest BCUT2D eigenvalue weighted by Gasteiger charge is 2.56. The molecule has 8 heteroatoms. The number of carbonyl (C=O) groups is 1. The van der Waals surface area contributed by atoms with Gasteiger partial charge < -0.3 is 9.64 Å². The number of amides is 1. The summed E-state index contributed by atoms with van der Waals surface area (Å²) >= 11 is 0. The van der Waals surface area contributed by atoms with Gasteiger partial charge >= 0.3 is 6.18 Å². The molecule has 0 saturated carbocycles. The molecule has 0 N–H and O–H groups in total. The molecule has 2 aromatic carbocycles. The lowest BCUT2D eigenvalue weighted by atomic mass is 9.63. The van der Waals surface area contributed by atoms with Crippen LogP contribution in [0.4, 0.5) is 22.0 Å². The highest BCUT2D eigenvalue weighted by Crippen LogP contribution is 2.51. The molecule has 2 heterocycles. The number of rotatable bonds is 4. The summed E-state index contributed by atoms with van der Waals surface area (Å²) in [5.41, 5.74) is -1.94. The monoisotopic (exact) mass is 507 g/mol. The molecule has 2 aliphatic heterocycles. The van der Waals surface area contributed by atoms with Gasteiger partial charge in [0.25, 0.3) is 0 Å². The van der Waals surface area contributed by atoms with Crippen LogP contribution >= 0.6 is 0 Å². The molecular formula is C28H30F5NO2. The van der Waals surface area contributed by atoms with Crippen molar-refractivity contribution in [2.75, 3.05) is 19.8 Å². The van der Waals surface area contributed by atoms with Crippen LogP contribution in [0.2, 0.25) is 0 Å². The van der Waals surface area contributed by atoms with Crippen molar-refractivity contribution in [2.45, 2.75) is 68.8 Å². The van der Waals surface area contributed by atoms with E-state index in [1.807, 2.05) is 4.90 Å². The van der Waals surface area contributed by atoms with E-state index in [0.717, 1.165) is 11.1 Å². The maximum absolute atomic E-state index is 14.8. The standard InChI is InChI=1S/C28H30F5NO2/c1-26(30,28(31,32)33)21-5-8-23-20(16-21)4-9-24-27(23,17-18-2-6-22(29)7-3-18)12-13-34(24)25(35)19-10-14-36-15-11-19/h2-3,5-8,16,19,24H,4,9-15,17H2,1H3/t24-,26?,27-/m1/s1. The summed E-state index contributed by atoms with van der Waals surface area (Å²) in [7, 11) is 0. The summed E-state index contributed by atoms with van der Waals surface area (Å²) in [4.78, 5) is 15.5. The number of hydrogen-bond donors (Lipinski definition) is 0. The topological polar surface area (TPSA) is 29.5 Å². The summed E-state index contributed by atoms with van der Waals surface area (Å²) in [5.74, 6) is -0.334. The number of likely N-dealkylation sites (tertiary alicyclic amines) is 1. The average Bonchev–Trinajstić information content (AvgIpc) is 3.24. The average molecular weight is 508 g/mol. The third kappa shape index (κ3) is 4.21. The Hall–Kier alpha value is -2.48. The van der Waals surface area contributed by atoms with Crippen LogP contribution in [0.25, 0.3) is 0 Å². The van der Waals surface area contributed by atoms with Crippen molar-refractivity contribution in [1.29, 1.82) is 0 Å². The normalized spacial score (nSPS) is 26.3. The lowest BCUT2D eigenvalue weighted by Crippen LogP contribution is -2.51. The van der Waals surface area contributed by atoms with Crippen molar-refractivity contribution >= 4 is 5.91 Å². The first-order valence-electron chi connectivity index (χ1n) is 12.6. The molecule has 1 unspecified atom stereocenters. The molecule has 1 aliphatic carbocycles. The molecule has 3 nitrogen and oxygen atoms in total. The van der Waals surface area contributed by atoms with Gasteiger partial charge in [0.05, 0.1) is 0 Å². The van der Waals surface area contributed by atoms with Crippen LogP contribution in [0.1, 0.15) is 54.9 Å². The maximum Gasteiger partial charge on any atom is 0.426 e. The van der Waals surface area contributed by atoms with Gasteiger partial charge in [-0.3, -0.25) is 4.79 Å². The van der Waals surface area contributed by atoms with Gasteiger partial charge in [-0.05, 0) is 79.8 Å². The first kappa shape index (κ1) is 25.2. The van der Waals surface area contributed by atoms with Crippen LogP contribution in [0.5, 0.6) is 0 Å². The Bertz CT molecular complexity index is 1120. The van der Waals surface area contributed by atoms with Crippen LogP contribution in [-0.2, 0) is 33.5 Å². The van der Waals surface area contributed by atoms with E-state index in [1.54, 1.807) is 18.2 Å². The molecule has 0 spiro atoms. The van der Waals surface area contributed by atoms with Gasteiger partial charge in [0.2, 0.25) is 11.6 Å². The quantitative estimate of drug-likeness (QED) is 0.473. The zero-order chi connectivity index (χ0) is 25.7. The molecule has 36 heavy (non-hydrogen) atoms. The fourth-order valence-corrected chi connectivity index (χ4v) is 6.43. The van der Waals surface area contributed by atoms with Gasteiger partial charge in [-0.2, -0.15) is 13.2 Å². The first-order valence-corrected chi connectivity index (χ1v) is 12.6. The molecular weight excluding hydrogens is 477 g/mol. The number of hydrogen-bond acceptors (Lipinski definition) is 2. The van der Waals surface area contributed by atoms with Crippen molar-refractivity contribution < 1.29 is 31.5 Å². The van der Waals surface area contributed by atoms with E-state index < -0.39 is 22.8 Å². The molecule has 0 bridgehead atoms. The Morgan fingerprint density at radius 1 is 1.06 bits per heavy atom. The summed E-state index contributed by atoms with van der Waals surface area (Å²) in [5, 5.41) is 0. The summed E-state index contributed by atoms with van der Waals surface area (Å²) in [6.07, 6.45) is -1.45. The van der Waals surface area contributed by atoms with Crippen molar-refractivity contribution in [3.05, 3.63) is 70.5 Å². The Morgan fingerprint density at radius 2 is 1.75 bits per heavy atom. The zero-order valence-corrected chi connectivity index (χ0v) is 20.2. The molecule has 2 aromatic rings. The smallest absolute Gasteiger partial charge is 0.381 e. The van der Waals surface area contributed by atoms with Gasteiger partial charge in [0, 0.05) is 37.1 Å². The largest absolute Gasteiger partial charge is 0.426 e. The molecule has 2 saturated heterocycles. The molecule has 3 atom stereocenters. The van der Waals surface area contributed by atoms with Crippen LogP contribution in [0.15, 0.2) is 42.5 Å². The number of fused-ring (bicyclic) bond motifs is 3. The highest BCUT2D eigenvalue weighted by molar-refractivity contribution is 5.80. The van der Waals surface area contributed by atoms with Crippen LogP contribution in [0, 0.1) is 11.7 Å². The third-order valence-corrected chi connectivity index (χ3v) is 8.50. The van der Waals surface area contributed by atoms with Crippen molar-refractivity contribution in [1.82, 2.24) is 4.90 Å². The van der Waals surface area contributed by atoms with E-state index in [0.29, 0.717) is 70.8 Å². The Kier molecular flexibility index (Phi) is 6.38. The van der Waals surface area contributed by atoms with Crippen LogP contribution in [0.3, 0.4) is 0 Å². The van der Waals surface area contributed by atoms with Crippen molar-refractivity contribution in [3.8, 4) is 0 Å². The van der Waals surface area contributed by atoms with Crippen molar-refractivity contribution in [3.63, 3.8) is 0 Å². The molecule has 2 fully saturated rings. The van der Waals surface area contributed by atoms with Crippen molar-refractivity contribution in [2.24, 2.45) is 5.92 Å². The minimum atomic E-state index is -5.02. The molecule has 5 rings (SSSR count). The summed E-state index contributed by atoms with van der Waals surface area (Å²) < 4.78 is 74.1. The summed E-state index contributed by atoms with van der Waals surface area (Å²) in [6, 6.07) is 10.3. The molecule has 0 radical (unpaired) electrons. The fraction of sp³-hybridized carbons (Fsp3) is 0.536. The van der Waals surface area contributed by atoms with Gasteiger partial charge in [0.1, 0.15) is 5.82 Å². The fourth-order valence-electron chi connectivity index (χ4n) is 6.43. The second-order valence-corrected chi connectivity index (χ2v) is 10.6. The minimum absolute atomic E-state index is 0.0943. The number of benzene rings is 2. The second kappa shape index (κ2) is 9.12. The third-order valence-electron chi connectivity index (χ3n) is 8.50. The van der Waals surface area contributed by atoms with E-state index in [9.17, 15) is 26.7 Å². The van der Waals surface area contributed by atoms with Gasteiger partial charge in [0.15, 0.2) is 0 Å². The van der Waals surface area contributed by atoms with E-state index in [4.69, 9.17) is 4.74 Å². The van der Waals surface area contributed by atoms with E-state index in [-0.39, 0.29) is 23.7 Å². The van der Waals surface area contributed by atoms with Gasteiger partial charge in [-0.15, -0.1) is 0 Å². The minimum Gasteiger partial charge on any atom is -0.381 e. The molecule has 3 aliphatic rings. The Labute approximate surface area is 207 Å². The number of nitrogens with zero attached hydrogens (tertiary/aromatic N) is 1. The van der Waals surface area contributed by atoms with E-state index in [1.165, 1.54) is 24.3 Å². The van der Waals surface area contributed by atoms with Crippen LogP contribution in [-0.4, -0.2) is 42.8 Å². The lowest BCUT2D eigenvalue weighted by molar-refractivity contribution is -0.228. The van der Waals surface area contributed by atoms with E-state index >= 15 is 0 Å². The first-order chi connectivity index (χ1) is 17.0. The molecule has 194 valence electrons. The Morgan fingerprint density at radius 3 is 2.42 bits per heavy atom. The predicted molar refractivity (Wildman–Crippen MR) is 125 cm³/mol. The SMILES string of the molecule is CC(F)(c1ccc2c(c1)CC[C@H]1N(C(=O)C3CCOCC3)CC[C@@]21Cc1ccc(F)cc1)C(F)(F)F.